The topological polar surface area (TPSA) is 60.2 Å². The van der Waals surface area contributed by atoms with Crippen LogP contribution >= 0.6 is 15.9 Å². The summed E-state index contributed by atoms with van der Waals surface area (Å²) in [6.45, 7) is 0.560. The van der Waals surface area contributed by atoms with Gasteiger partial charge in [-0.15, -0.1) is 0 Å². The minimum atomic E-state index is 0.560. The Hall–Kier alpha value is -1.40. The first-order chi connectivity index (χ1) is 8.24. The number of rotatable bonds is 4. The van der Waals surface area contributed by atoms with Crippen molar-refractivity contribution in [3.8, 4) is 17.1 Å². The molecule has 0 aliphatic rings. The van der Waals surface area contributed by atoms with Crippen molar-refractivity contribution in [1.82, 2.24) is 15.5 Å². The molecule has 1 aromatic heterocycles. The van der Waals surface area contributed by atoms with Crippen molar-refractivity contribution < 1.29 is 9.26 Å². The molecule has 0 saturated heterocycles. The Morgan fingerprint density at radius 3 is 2.94 bits per heavy atom. The number of halogens is 1. The van der Waals surface area contributed by atoms with Crippen LogP contribution in [0.2, 0.25) is 0 Å². The monoisotopic (exact) mass is 297 g/mol. The lowest BCUT2D eigenvalue weighted by atomic mass is 10.2. The molecule has 0 radical (unpaired) electrons. The summed E-state index contributed by atoms with van der Waals surface area (Å²) in [7, 11) is 3.45. The molecule has 0 bridgehead atoms. The quantitative estimate of drug-likeness (QED) is 0.938. The molecule has 2 rings (SSSR count). The van der Waals surface area contributed by atoms with Crippen molar-refractivity contribution >= 4 is 15.9 Å². The highest BCUT2D eigenvalue weighted by Gasteiger charge is 2.09. The van der Waals surface area contributed by atoms with Gasteiger partial charge in [-0.1, -0.05) is 5.16 Å². The molecule has 0 aliphatic carbocycles. The van der Waals surface area contributed by atoms with Crippen molar-refractivity contribution in [3.63, 3.8) is 0 Å². The number of methoxy groups -OCH3 is 1. The van der Waals surface area contributed by atoms with Gasteiger partial charge in [-0.05, 0) is 41.2 Å². The van der Waals surface area contributed by atoms with Crippen molar-refractivity contribution in [2.45, 2.75) is 6.54 Å². The second-order valence-electron chi connectivity index (χ2n) is 3.39. The van der Waals surface area contributed by atoms with E-state index in [-0.39, 0.29) is 0 Å². The molecule has 0 fully saturated rings. The van der Waals surface area contributed by atoms with E-state index in [1.165, 1.54) is 0 Å². The number of nitrogens with one attached hydrogen (secondary N) is 1. The highest BCUT2D eigenvalue weighted by molar-refractivity contribution is 9.10. The molecule has 0 aliphatic heterocycles. The molecule has 1 N–H and O–H groups in total. The molecule has 6 heteroatoms. The normalized spacial score (nSPS) is 10.5. The summed E-state index contributed by atoms with van der Waals surface area (Å²) >= 11 is 3.42. The average Bonchev–Trinajstić information content (AvgIpc) is 2.78. The van der Waals surface area contributed by atoms with Crippen LogP contribution in [0.4, 0.5) is 0 Å². The van der Waals surface area contributed by atoms with E-state index in [1.54, 1.807) is 7.11 Å². The van der Waals surface area contributed by atoms with Crippen LogP contribution in [-0.4, -0.2) is 24.3 Å². The number of ether oxygens (including phenoxy) is 1. The Balaban J connectivity index is 2.29. The maximum atomic E-state index is 5.16. The molecule has 2 aromatic rings. The van der Waals surface area contributed by atoms with E-state index >= 15 is 0 Å². The predicted octanol–water partition coefficient (Wildman–Crippen LogP) is 2.23. The maximum absolute atomic E-state index is 5.16. The summed E-state index contributed by atoms with van der Waals surface area (Å²) in [5.74, 6) is 1.90. The van der Waals surface area contributed by atoms with Gasteiger partial charge in [0.1, 0.15) is 5.75 Å². The van der Waals surface area contributed by atoms with Gasteiger partial charge in [0.2, 0.25) is 11.7 Å². The van der Waals surface area contributed by atoms with Crippen LogP contribution in [0, 0.1) is 0 Å². The molecule has 0 spiro atoms. The molecule has 90 valence electrons. The number of benzene rings is 1. The number of nitrogens with zero attached hydrogens (tertiary/aromatic N) is 2. The van der Waals surface area contributed by atoms with Crippen LogP contribution in [0.25, 0.3) is 11.4 Å². The molecular formula is C11H12BrN3O2. The molecule has 1 heterocycles. The van der Waals surface area contributed by atoms with E-state index in [0.29, 0.717) is 18.3 Å². The van der Waals surface area contributed by atoms with Crippen LogP contribution in [0.3, 0.4) is 0 Å². The lowest BCUT2D eigenvalue weighted by Crippen LogP contribution is -2.04. The largest absolute Gasteiger partial charge is 0.496 e. The average molecular weight is 298 g/mol. The fourth-order valence-electron chi connectivity index (χ4n) is 1.40. The predicted molar refractivity (Wildman–Crippen MR) is 66.7 cm³/mol. The third kappa shape index (κ3) is 2.65. The lowest BCUT2D eigenvalue weighted by molar-refractivity contribution is 0.372. The minimum Gasteiger partial charge on any atom is -0.496 e. The highest BCUT2D eigenvalue weighted by Crippen LogP contribution is 2.29. The first kappa shape index (κ1) is 12.1. The van der Waals surface area contributed by atoms with E-state index in [2.05, 4.69) is 31.4 Å². The molecule has 0 amide bonds. The van der Waals surface area contributed by atoms with Gasteiger partial charge in [-0.3, -0.25) is 0 Å². The van der Waals surface area contributed by atoms with Gasteiger partial charge in [0.05, 0.1) is 18.1 Å². The van der Waals surface area contributed by atoms with Gasteiger partial charge >= 0.3 is 0 Å². The van der Waals surface area contributed by atoms with E-state index in [4.69, 9.17) is 9.26 Å². The number of hydrogen-bond donors (Lipinski definition) is 1. The molecule has 17 heavy (non-hydrogen) atoms. The Morgan fingerprint density at radius 1 is 1.47 bits per heavy atom. The van der Waals surface area contributed by atoms with Crippen molar-refractivity contribution in [2.24, 2.45) is 0 Å². The number of aromatic nitrogens is 2. The van der Waals surface area contributed by atoms with Crippen molar-refractivity contribution in [3.05, 3.63) is 28.6 Å². The third-order valence-corrected chi connectivity index (χ3v) is 2.83. The standard InChI is InChI=1S/C11H12BrN3O2/c1-13-6-10-14-11(15-17-10)7-3-4-9(16-2)8(12)5-7/h3-5,13H,6H2,1-2H3. The van der Waals surface area contributed by atoms with Crippen LogP contribution in [0.5, 0.6) is 5.75 Å². The van der Waals surface area contributed by atoms with Gasteiger partial charge in [0.15, 0.2) is 0 Å². The Labute approximate surface area is 107 Å². The highest BCUT2D eigenvalue weighted by atomic mass is 79.9. The van der Waals surface area contributed by atoms with Gasteiger partial charge in [0, 0.05) is 5.56 Å². The summed E-state index contributed by atoms with van der Waals surface area (Å²) in [4.78, 5) is 4.26. The van der Waals surface area contributed by atoms with Crippen LogP contribution < -0.4 is 10.1 Å². The zero-order valence-corrected chi connectivity index (χ0v) is 11.1. The van der Waals surface area contributed by atoms with Crippen molar-refractivity contribution in [1.29, 1.82) is 0 Å². The second-order valence-corrected chi connectivity index (χ2v) is 4.25. The fraction of sp³-hybridized carbons (Fsp3) is 0.273. The zero-order valence-electron chi connectivity index (χ0n) is 9.53. The number of hydrogen-bond acceptors (Lipinski definition) is 5. The van der Waals surface area contributed by atoms with Gasteiger partial charge in [0.25, 0.3) is 0 Å². The molecule has 0 saturated carbocycles. The van der Waals surface area contributed by atoms with Crippen LogP contribution in [0.15, 0.2) is 27.2 Å². The second kappa shape index (κ2) is 5.29. The van der Waals surface area contributed by atoms with E-state index in [1.807, 2.05) is 25.2 Å². The van der Waals surface area contributed by atoms with Crippen molar-refractivity contribution in [2.75, 3.05) is 14.2 Å². The van der Waals surface area contributed by atoms with Gasteiger partial charge < -0.3 is 14.6 Å². The van der Waals surface area contributed by atoms with E-state index in [0.717, 1.165) is 15.8 Å². The SMILES string of the molecule is CNCc1nc(-c2ccc(OC)c(Br)c2)no1. The molecular weight excluding hydrogens is 286 g/mol. The summed E-state index contributed by atoms with van der Waals surface area (Å²) in [6.07, 6.45) is 0. The Bertz CT molecular complexity index is 513. The van der Waals surface area contributed by atoms with Crippen LogP contribution in [0.1, 0.15) is 5.89 Å². The van der Waals surface area contributed by atoms with Gasteiger partial charge in [-0.25, -0.2) is 0 Å². The smallest absolute Gasteiger partial charge is 0.240 e. The Kier molecular flexibility index (Phi) is 3.75. The molecule has 0 atom stereocenters. The first-order valence-electron chi connectivity index (χ1n) is 5.05. The molecule has 5 nitrogen and oxygen atoms in total. The summed E-state index contributed by atoms with van der Waals surface area (Å²) in [6, 6.07) is 5.64. The summed E-state index contributed by atoms with van der Waals surface area (Å²) in [5, 5.41) is 6.87. The Morgan fingerprint density at radius 2 is 2.29 bits per heavy atom. The molecule has 1 aromatic carbocycles. The van der Waals surface area contributed by atoms with E-state index in [9.17, 15) is 0 Å². The van der Waals surface area contributed by atoms with E-state index < -0.39 is 0 Å². The third-order valence-electron chi connectivity index (χ3n) is 2.21. The fourth-order valence-corrected chi connectivity index (χ4v) is 1.94. The zero-order chi connectivity index (χ0) is 12.3. The van der Waals surface area contributed by atoms with Crippen LogP contribution in [-0.2, 0) is 6.54 Å². The maximum Gasteiger partial charge on any atom is 0.240 e. The summed E-state index contributed by atoms with van der Waals surface area (Å²) < 4.78 is 11.1. The first-order valence-corrected chi connectivity index (χ1v) is 5.85. The minimum absolute atomic E-state index is 0.560. The van der Waals surface area contributed by atoms with Gasteiger partial charge in [-0.2, -0.15) is 4.98 Å². The summed E-state index contributed by atoms with van der Waals surface area (Å²) in [5.41, 5.74) is 0.878. The lowest BCUT2D eigenvalue weighted by Gasteiger charge is -2.03. The molecule has 0 unspecified atom stereocenters.